The van der Waals surface area contributed by atoms with Gasteiger partial charge in [-0.1, -0.05) is 54.0 Å². The molecule has 2 aromatic carbocycles. The van der Waals surface area contributed by atoms with Crippen LogP contribution in [0.5, 0.6) is 5.75 Å². The smallest absolute Gasteiger partial charge is 0.247 e. The fraction of sp³-hybridized carbons (Fsp3) is 0.480. The lowest BCUT2D eigenvalue weighted by Crippen LogP contribution is -2.56. The Balaban J connectivity index is 1.77. The van der Waals surface area contributed by atoms with E-state index in [0.717, 1.165) is 17.5 Å². The maximum atomic E-state index is 14.0. The molecular formula is C25H31BrN2O4S. The van der Waals surface area contributed by atoms with Gasteiger partial charge in [0.2, 0.25) is 15.9 Å². The molecule has 0 spiro atoms. The Morgan fingerprint density at radius 1 is 1.09 bits per heavy atom. The number of likely N-dealkylation sites (tertiary alicyclic amines) is 1. The number of hydrogen-bond donors (Lipinski definition) is 0. The van der Waals surface area contributed by atoms with E-state index in [9.17, 15) is 13.2 Å². The van der Waals surface area contributed by atoms with E-state index in [0.29, 0.717) is 48.2 Å². The highest BCUT2D eigenvalue weighted by Crippen LogP contribution is 2.36. The number of piperidine rings is 1. The molecule has 2 heterocycles. The first-order valence-electron chi connectivity index (χ1n) is 11.5. The Labute approximate surface area is 205 Å². The van der Waals surface area contributed by atoms with Gasteiger partial charge < -0.3 is 9.64 Å². The minimum Gasteiger partial charge on any atom is -0.492 e. The van der Waals surface area contributed by atoms with Crippen LogP contribution in [0, 0.1) is 11.8 Å². The molecule has 0 aliphatic carbocycles. The molecular weight excluding hydrogens is 504 g/mol. The van der Waals surface area contributed by atoms with Crippen molar-refractivity contribution in [3.8, 4) is 5.75 Å². The number of benzene rings is 2. The van der Waals surface area contributed by atoms with Gasteiger partial charge >= 0.3 is 0 Å². The molecule has 3 atom stereocenters. The van der Waals surface area contributed by atoms with Crippen molar-refractivity contribution in [2.24, 2.45) is 11.8 Å². The van der Waals surface area contributed by atoms with Gasteiger partial charge in [-0.3, -0.25) is 4.79 Å². The molecule has 4 rings (SSSR count). The van der Waals surface area contributed by atoms with Crippen LogP contribution in [0.4, 0.5) is 0 Å². The normalized spacial score (nSPS) is 23.8. The molecule has 1 amide bonds. The van der Waals surface area contributed by atoms with Crippen molar-refractivity contribution in [2.75, 3.05) is 19.7 Å². The summed E-state index contributed by atoms with van der Waals surface area (Å²) in [7, 11) is -4.01. The number of nitrogens with zero attached hydrogens (tertiary/aromatic N) is 2. The van der Waals surface area contributed by atoms with Gasteiger partial charge in [0, 0.05) is 24.1 Å². The third kappa shape index (κ3) is 4.98. The van der Waals surface area contributed by atoms with E-state index in [2.05, 4.69) is 29.8 Å². The second-order valence-corrected chi connectivity index (χ2v) is 12.0. The van der Waals surface area contributed by atoms with Crippen LogP contribution in [0.3, 0.4) is 0 Å². The second kappa shape index (κ2) is 9.76. The molecule has 2 aliphatic heterocycles. The lowest BCUT2D eigenvalue weighted by atomic mass is 9.90. The molecule has 0 saturated carbocycles. The number of amides is 1. The Hall–Kier alpha value is -1.90. The van der Waals surface area contributed by atoms with E-state index in [1.807, 2.05) is 36.1 Å². The predicted octanol–water partition coefficient (Wildman–Crippen LogP) is 4.47. The first-order chi connectivity index (χ1) is 15.7. The van der Waals surface area contributed by atoms with Gasteiger partial charge in [-0.25, -0.2) is 8.42 Å². The van der Waals surface area contributed by atoms with Crippen LogP contribution in [0.15, 0.2) is 51.8 Å². The van der Waals surface area contributed by atoms with Gasteiger partial charge in [0.1, 0.15) is 16.7 Å². The molecule has 33 heavy (non-hydrogen) atoms. The maximum Gasteiger partial charge on any atom is 0.247 e. The van der Waals surface area contributed by atoms with Crippen LogP contribution in [0.1, 0.15) is 38.3 Å². The molecule has 0 N–H and O–H groups in total. The van der Waals surface area contributed by atoms with Crippen molar-refractivity contribution in [2.45, 2.75) is 51.1 Å². The van der Waals surface area contributed by atoms with Gasteiger partial charge in [0.15, 0.2) is 0 Å². The molecule has 0 radical (unpaired) electrons. The molecule has 178 valence electrons. The Bertz CT molecular complexity index is 1130. The molecule has 0 unspecified atom stereocenters. The topological polar surface area (TPSA) is 66.9 Å². The van der Waals surface area contributed by atoms with Crippen molar-refractivity contribution in [3.63, 3.8) is 0 Å². The first kappa shape index (κ1) is 24.2. The van der Waals surface area contributed by atoms with E-state index < -0.39 is 16.1 Å². The zero-order chi connectivity index (χ0) is 23.8. The van der Waals surface area contributed by atoms with Gasteiger partial charge in [0.05, 0.1) is 6.61 Å². The van der Waals surface area contributed by atoms with Crippen molar-refractivity contribution in [1.82, 2.24) is 9.21 Å². The van der Waals surface area contributed by atoms with Crippen LogP contribution in [-0.4, -0.2) is 49.3 Å². The third-order valence-corrected chi connectivity index (χ3v) is 8.83. The van der Waals surface area contributed by atoms with Gasteiger partial charge in [-0.05, 0) is 60.9 Å². The summed E-state index contributed by atoms with van der Waals surface area (Å²) in [6.07, 6.45) is 1.44. The number of hydrogen-bond acceptors (Lipinski definition) is 4. The first-order valence-corrected chi connectivity index (χ1v) is 13.7. The van der Waals surface area contributed by atoms with Crippen LogP contribution < -0.4 is 4.74 Å². The lowest BCUT2D eigenvalue weighted by Gasteiger charge is -2.41. The molecule has 6 nitrogen and oxygen atoms in total. The molecule has 8 heteroatoms. The summed E-state index contributed by atoms with van der Waals surface area (Å²) in [6, 6.07) is 12.0. The Morgan fingerprint density at radius 3 is 2.42 bits per heavy atom. The molecule has 0 bridgehead atoms. The van der Waals surface area contributed by atoms with Crippen LogP contribution in [0.25, 0.3) is 0 Å². The number of sulfonamides is 1. The van der Waals surface area contributed by atoms with E-state index in [4.69, 9.17) is 4.74 Å². The SMILES string of the molecule is CCOc1ccc(Br)cc1S(=O)(=O)N1Cc2ccccc2C[C@@H]1C(=O)N1C[C@H](C)C[C@@H](C)C1. The Morgan fingerprint density at radius 2 is 1.76 bits per heavy atom. The quantitative estimate of drug-likeness (QED) is 0.567. The summed E-state index contributed by atoms with van der Waals surface area (Å²) in [4.78, 5) is 15.7. The minimum atomic E-state index is -4.01. The van der Waals surface area contributed by atoms with Crippen LogP contribution in [0.2, 0.25) is 0 Å². The standard InChI is InChI=1S/C25H31BrN2O4S/c1-4-32-23-10-9-21(26)13-24(23)33(30,31)28-16-20-8-6-5-7-19(20)12-22(28)25(29)27-14-17(2)11-18(3)15-27/h5-10,13,17-18,22H,4,11-12,14-16H2,1-3H3/t17-,18-,22-/m1/s1. The fourth-order valence-electron chi connectivity index (χ4n) is 5.10. The molecule has 1 saturated heterocycles. The van der Waals surface area contributed by atoms with Crippen LogP contribution in [-0.2, 0) is 27.8 Å². The summed E-state index contributed by atoms with van der Waals surface area (Å²) in [5, 5.41) is 0. The summed E-state index contributed by atoms with van der Waals surface area (Å²) < 4.78 is 35.7. The average molecular weight is 536 g/mol. The summed E-state index contributed by atoms with van der Waals surface area (Å²) in [5.41, 5.74) is 1.96. The highest BCUT2D eigenvalue weighted by Gasteiger charge is 2.43. The van der Waals surface area contributed by atoms with E-state index >= 15 is 0 Å². The van der Waals surface area contributed by atoms with Gasteiger partial charge in [-0.15, -0.1) is 0 Å². The average Bonchev–Trinajstić information content (AvgIpc) is 2.78. The number of ether oxygens (including phenoxy) is 1. The highest BCUT2D eigenvalue weighted by atomic mass is 79.9. The highest BCUT2D eigenvalue weighted by molar-refractivity contribution is 9.10. The maximum absolute atomic E-state index is 14.0. The van der Waals surface area contributed by atoms with E-state index in [1.165, 1.54) is 4.31 Å². The second-order valence-electron chi connectivity index (χ2n) is 9.25. The molecule has 2 aromatic rings. The molecule has 2 aliphatic rings. The van der Waals surface area contributed by atoms with Gasteiger partial charge in [0.25, 0.3) is 0 Å². The minimum absolute atomic E-state index is 0.0799. The largest absolute Gasteiger partial charge is 0.492 e. The third-order valence-electron chi connectivity index (χ3n) is 6.46. The van der Waals surface area contributed by atoms with Crippen molar-refractivity contribution >= 4 is 31.9 Å². The number of carbonyl (C=O) groups excluding carboxylic acids is 1. The van der Waals surface area contributed by atoms with Crippen molar-refractivity contribution < 1.29 is 17.9 Å². The molecule has 1 fully saturated rings. The number of halogens is 1. The fourth-order valence-corrected chi connectivity index (χ4v) is 7.33. The molecule has 0 aromatic heterocycles. The summed E-state index contributed by atoms with van der Waals surface area (Å²) in [6.45, 7) is 7.95. The zero-order valence-corrected chi connectivity index (χ0v) is 21.7. The number of carbonyl (C=O) groups is 1. The monoisotopic (exact) mass is 534 g/mol. The van der Waals surface area contributed by atoms with E-state index in [-0.39, 0.29) is 17.3 Å². The Kier molecular flexibility index (Phi) is 7.17. The van der Waals surface area contributed by atoms with Crippen molar-refractivity contribution in [3.05, 3.63) is 58.1 Å². The lowest BCUT2D eigenvalue weighted by molar-refractivity contribution is -0.138. The zero-order valence-electron chi connectivity index (χ0n) is 19.3. The van der Waals surface area contributed by atoms with Crippen LogP contribution >= 0.6 is 15.9 Å². The van der Waals surface area contributed by atoms with Gasteiger partial charge in [-0.2, -0.15) is 4.31 Å². The van der Waals surface area contributed by atoms with E-state index in [1.54, 1.807) is 18.2 Å². The van der Waals surface area contributed by atoms with Crippen molar-refractivity contribution in [1.29, 1.82) is 0 Å². The summed E-state index contributed by atoms with van der Waals surface area (Å²) in [5.74, 6) is 0.979. The summed E-state index contributed by atoms with van der Waals surface area (Å²) >= 11 is 3.40. The number of fused-ring (bicyclic) bond motifs is 1. The number of rotatable bonds is 5. The predicted molar refractivity (Wildman–Crippen MR) is 131 cm³/mol.